The minimum atomic E-state index is -1.20. The molecule has 2 aromatic carbocycles. The summed E-state index contributed by atoms with van der Waals surface area (Å²) in [4.78, 5) is 28.9. The summed E-state index contributed by atoms with van der Waals surface area (Å²) in [6.07, 6.45) is 4.39. The first-order valence-corrected chi connectivity index (χ1v) is 14.6. The molecule has 1 aromatic heterocycles. The molecule has 8 rings (SSSR count). The smallest absolute Gasteiger partial charge is 0.291 e. The number of aliphatic imine (C=N–C) groups is 2. The number of carbonyl (C=O) groups is 1. The number of anilines is 2. The van der Waals surface area contributed by atoms with Gasteiger partial charge in [0.25, 0.3) is 11.9 Å². The highest BCUT2D eigenvalue weighted by Gasteiger charge is 2.40. The molecule has 3 aromatic rings. The van der Waals surface area contributed by atoms with Crippen LogP contribution in [-0.4, -0.2) is 60.0 Å². The molecule has 4 N–H and O–H groups in total. The highest BCUT2D eigenvalue weighted by molar-refractivity contribution is 6.19. The van der Waals surface area contributed by atoms with Crippen LogP contribution in [0.5, 0.6) is 0 Å². The fourth-order valence-electron chi connectivity index (χ4n) is 5.54. The number of morpholine rings is 1. The van der Waals surface area contributed by atoms with Gasteiger partial charge in [-0.15, -0.1) is 0 Å². The molecule has 4 aliphatic heterocycles. The minimum Gasteiger partial charge on any atom is -0.405 e. The largest absolute Gasteiger partial charge is 0.405 e. The van der Waals surface area contributed by atoms with E-state index in [1.165, 1.54) is 5.56 Å². The first kappa shape index (κ1) is 27.6. The zero-order valence-electron chi connectivity index (χ0n) is 23.8. The van der Waals surface area contributed by atoms with E-state index in [0.717, 1.165) is 49.2 Å². The van der Waals surface area contributed by atoms with Crippen LogP contribution < -0.4 is 16.0 Å². The third-order valence-corrected chi connectivity index (χ3v) is 7.68. The van der Waals surface area contributed by atoms with Crippen LogP contribution in [0.15, 0.2) is 76.8 Å². The highest BCUT2D eigenvalue weighted by atomic mass is 16.5. The van der Waals surface area contributed by atoms with Crippen LogP contribution in [0.3, 0.4) is 0 Å². The summed E-state index contributed by atoms with van der Waals surface area (Å²) in [5, 5.41) is 11.6. The number of piperidine rings is 1. The van der Waals surface area contributed by atoms with Gasteiger partial charge in [-0.05, 0) is 36.5 Å². The topological polar surface area (TPSA) is 138 Å². The number of benzodiazepines with no additional fused rings is 1. The van der Waals surface area contributed by atoms with E-state index in [4.69, 9.17) is 20.6 Å². The Labute approximate surface area is 245 Å². The number of rotatable bonds is 5. The van der Waals surface area contributed by atoms with Gasteiger partial charge in [0.15, 0.2) is 0 Å². The number of benzene rings is 2. The van der Waals surface area contributed by atoms with Crippen LogP contribution in [0, 0.1) is 5.41 Å². The maximum atomic E-state index is 13.1. The molecule has 216 valence electrons. The molecule has 5 aliphatic rings. The Morgan fingerprint density at radius 1 is 1.10 bits per heavy atom. The van der Waals surface area contributed by atoms with Crippen molar-refractivity contribution >= 4 is 34.9 Å². The van der Waals surface area contributed by atoms with Crippen molar-refractivity contribution in [2.75, 3.05) is 23.3 Å². The van der Waals surface area contributed by atoms with Gasteiger partial charge in [0.1, 0.15) is 5.69 Å². The van der Waals surface area contributed by atoms with Crippen molar-refractivity contribution in [1.82, 2.24) is 4.98 Å². The molecule has 2 bridgehead atoms. The Bertz CT molecular complexity index is 1530. The van der Waals surface area contributed by atoms with Crippen molar-refractivity contribution in [3.05, 3.63) is 89.2 Å². The van der Waals surface area contributed by atoms with Gasteiger partial charge in [-0.25, -0.2) is 9.98 Å². The first-order valence-electron chi connectivity index (χ1n) is 14.6. The summed E-state index contributed by atoms with van der Waals surface area (Å²) in [7, 11) is 0. The molecule has 3 unspecified atom stereocenters. The van der Waals surface area contributed by atoms with E-state index in [-0.39, 0.29) is 24.1 Å². The molecular formula is C32H35N7O3. The van der Waals surface area contributed by atoms with E-state index in [0.29, 0.717) is 23.0 Å². The number of pyridine rings is 1. The average molecular weight is 566 g/mol. The molecule has 10 nitrogen and oxygen atoms in total. The van der Waals surface area contributed by atoms with Crippen LogP contribution in [0.2, 0.25) is 0 Å². The fraction of sp³-hybridized carbons (Fsp3) is 0.344. The number of ether oxygens (including phenoxy) is 2. The lowest BCUT2D eigenvalue weighted by Gasteiger charge is -2.48. The number of para-hydroxylation sites is 1. The summed E-state index contributed by atoms with van der Waals surface area (Å²) in [6, 6.07) is 18.8. The number of amides is 1. The van der Waals surface area contributed by atoms with Crippen LogP contribution in [-0.2, 0) is 14.3 Å². The Hall–Kier alpha value is -4.57. The van der Waals surface area contributed by atoms with Crippen LogP contribution in [0.1, 0.15) is 61.4 Å². The van der Waals surface area contributed by atoms with E-state index < -0.39 is 12.1 Å². The van der Waals surface area contributed by atoms with Crippen molar-refractivity contribution in [2.24, 2.45) is 15.7 Å². The Morgan fingerprint density at radius 3 is 2.50 bits per heavy atom. The zero-order chi connectivity index (χ0) is 29.2. The molecule has 1 saturated carbocycles. The number of carbonyl (C=O) groups excluding carboxylic acids is 1. The number of nitrogens with zero attached hydrogens (tertiary/aromatic N) is 4. The van der Waals surface area contributed by atoms with Crippen LogP contribution >= 0.6 is 0 Å². The lowest BCUT2D eigenvalue weighted by atomic mass is 9.97. The molecule has 10 heteroatoms. The summed E-state index contributed by atoms with van der Waals surface area (Å²) in [6.45, 7) is 5.49. The second-order valence-corrected chi connectivity index (χ2v) is 10.6. The Balaban J connectivity index is 0.00000155. The van der Waals surface area contributed by atoms with Crippen molar-refractivity contribution in [3.63, 3.8) is 0 Å². The lowest BCUT2D eigenvalue weighted by Crippen LogP contribution is -2.57. The fourth-order valence-corrected chi connectivity index (χ4v) is 5.54. The standard InChI is InChI=1S/C30H29N7O3.C2H6/c31-27(26-24(12-19(14-33-26)17-10-11-17)37-15-20-13-21(16-37)39-20)40-30(32)36-28-29(38)34-23-9-5-4-8-22(23)25(35-28)18-6-2-1-3-7-18;1-2/h1-9,12,14,17,20-21,28,31H,10-11,13,15-16H2,(H2,32,36)(H,34,38);1-2H3. The predicted octanol–water partition coefficient (Wildman–Crippen LogP) is 4.44. The van der Waals surface area contributed by atoms with E-state index in [2.05, 4.69) is 31.3 Å². The van der Waals surface area contributed by atoms with Crippen LogP contribution in [0.4, 0.5) is 11.4 Å². The van der Waals surface area contributed by atoms with Gasteiger partial charge in [0.05, 0.1) is 29.3 Å². The molecule has 3 atom stereocenters. The third-order valence-electron chi connectivity index (χ3n) is 7.68. The van der Waals surface area contributed by atoms with Gasteiger partial charge in [-0.1, -0.05) is 62.4 Å². The van der Waals surface area contributed by atoms with Gasteiger partial charge in [-0.2, -0.15) is 4.99 Å². The number of hydrogen-bond acceptors (Lipinski definition) is 8. The van der Waals surface area contributed by atoms with Crippen molar-refractivity contribution in [2.45, 2.75) is 57.4 Å². The molecule has 1 amide bonds. The Kier molecular flexibility index (Phi) is 7.71. The molecule has 4 fully saturated rings. The average Bonchev–Trinajstić information content (AvgIpc) is 3.87. The molecule has 3 saturated heterocycles. The number of nitrogens with one attached hydrogen (secondary N) is 2. The maximum Gasteiger partial charge on any atom is 0.291 e. The van der Waals surface area contributed by atoms with Gasteiger partial charge < -0.3 is 25.4 Å². The van der Waals surface area contributed by atoms with E-state index >= 15 is 0 Å². The number of fused-ring (bicyclic) bond motifs is 3. The summed E-state index contributed by atoms with van der Waals surface area (Å²) in [5.41, 5.74) is 11.4. The van der Waals surface area contributed by atoms with E-state index in [1.54, 1.807) is 0 Å². The molecule has 1 aliphatic carbocycles. The monoisotopic (exact) mass is 565 g/mol. The number of hydrogen-bond donors (Lipinski definition) is 3. The minimum absolute atomic E-state index is 0.201. The third kappa shape index (κ3) is 5.62. The number of aromatic nitrogens is 1. The second-order valence-electron chi connectivity index (χ2n) is 10.6. The molecular weight excluding hydrogens is 530 g/mol. The maximum absolute atomic E-state index is 13.1. The number of amidine groups is 1. The summed E-state index contributed by atoms with van der Waals surface area (Å²) >= 11 is 0. The molecule has 42 heavy (non-hydrogen) atoms. The second kappa shape index (κ2) is 11.7. The zero-order valence-corrected chi connectivity index (χ0v) is 23.8. The lowest BCUT2D eigenvalue weighted by molar-refractivity contribution is -0.133. The predicted molar refractivity (Wildman–Crippen MR) is 164 cm³/mol. The van der Waals surface area contributed by atoms with Gasteiger partial charge >= 0.3 is 0 Å². The SMILES string of the molecule is CC.N=C(O/C(N)=N/C1N=C(c2ccccc2)c2ccccc2NC1=O)c1ncc(C2CC2)cc1N1CC2CC(C1)O2. The highest BCUT2D eigenvalue weighted by Crippen LogP contribution is 2.42. The summed E-state index contributed by atoms with van der Waals surface area (Å²) in [5.74, 6) is -0.160. The molecule has 5 heterocycles. The van der Waals surface area contributed by atoms with Crippen LogP contribution in [0.25, 0.3) is 0 Å². The first-order chi connectivity index (χ1) is 20.5. The van der Waals surface area contributed by atoms with Crippen molar-refractivity contribution in [3.8, 4) is 0 Å². The summed E-state index contributed by atoms with van der Waals surface area (Å²) < 4.78 is 11.5. The number of nitrogens with two attached hydrogens (primary N) is 1. The van der Waals surface area contributed by atoms with Crippen molar-refractivity contribution in [1.29, 1.82) is 5.41 Å². The quantitative estimate of drug-likeness (QED) is 0.309. The normalized spacial score (nSPS) is 22.8. The van der Waals surface area contributed by atoms with E-state index in [9.17, 15) is 4.79 Å². The van der Waals surface area contributed by atoms with E-state index in [1.807, 2.05) is 74.6 Å². The van der Waals surface area contributed by atoms with Gasteiger partial charge in [0, 0.05) is 36.8 Å². The Morgan fingerprint density at radius 2 is 1.79 bits per heavy atom. The van der Waals surface area contributed by atoms with Gasteiger partial charge in [-0.3, -0.25) is 10.2 Å². The van der Waals surface area contributed by atoms with Gasteiger partial charge in [0.2, 0.25) is 12.1 Å². The molecule has 0 radical (unpaired) electrons. The van der Waals surface area contributed by atoms with Crippen molar-refractivity contribution < 1.29 is 14.3 Å². The molecule has 0 spiro atoms.